The molecule has 1 amide bonds. The molecule has 1 N–H and O–H groups in total. The molecule has 9 heteroatoms. The normalized spacial score (nSPS) is 25.3. The zero-order valence-corrected chi connectivity index (χ0v) is 15.1. The van der Waals surface area contributed by atoms with Gasteiger partial charge in [0.2, 0.25) is 15.9 Å². The van der Waals surface area contributed by atoms with Crippen molar-refractivity contribution in [1.82, 2.24) is 5.32 Å². The summed E-state index contributed by atoms with van der Waals surface area (Å²) in [6.07, 6.45) is 0.464. The number of amides is 1. The number of hydrogen-bond acceptors (Lipinski definition) is 3. The third kappa shape index (κ3) is 4.13. The van der Waals surface area contributed by atoms with Crippen LogP contribution in [0.25, 0.3) is 0 Å². The van der Waals surface area contributed by atoms with Crippen LogP contribution in [-0.4, -0.2) is 33.2 Å². The van der Waals surface area contributed by atoms with E-state index in [4.69, 9.17) is 0 Å². The number of carbonyl (C=O) groups is 1. The Morgan fingerprint density at radius 1 is 1.27 bits per heavy atom. The zero-order valence-electron chi connectivity index (χ0n) is 14.3. The average Bonchev–Trinajstić information content (AvgIpc) is 3.13. The highest BCUT2D eigenvalue weighted by atomic mass is 32.2. The maximum absolute atomic E-state index is 12.9. The maximum atomic E-state index is 12.9. The number of nitrogens with zero attached hydrogens (tertiary/aromatic N) is 1. The van der Waals surface area contributed by atoms with Crippen molar-refractivity contribution >= 4 is 21.6 Å². The summed E-state index contributed by atoms with van der Waals surface area (Å²) in [5.74, 6) is 0.536. The van der Waals surface area contributed by atoms with E-state index < -0.39 is 34.2 Å². The molecule has 2 aliphatic rings. The van der Waals surface area contributed by atoms with Gasteiger partial charge >= 0.3 is 6.18 Å². The number of hydrogen-bond donors (Lipinski definition) is 1. The van der Waals surface area contributed by atoms with Gasteiger partial charge in [0.25, 0.3) is 0 Å². The van der Waals surface area contributed by atoms with E-state index in [1.54, 1.807) is 0 Å². The fourth-order valence-electron chi connectivity index (χ4n) is 4.04. The van der Waals surface area contributed by atoms with Crippen molar-refractivity contribution in [2.75, 3.05) is 17.1 Å². The topological polar surface area (TPSA) is 66.5 Å². The molecule has 26 heavy (non-hydrogen) atoms. The maximum Gasteiger partial charge on any atom is 0.416 e. The number of rotatable bonds is 5. The first-order valence-electron chi connectivity index (χ1n) is 8.48. The SMILES string of the molecule is CS(=O)(=O)N(CC(=O)N[C@H]1C[C@@H]2CC[C@@H]1C2)c1cccc(C(F)(F)F)c1. The van der Waals surface area contributed by atoms with E-state index in [-0.39, 0.29) is 11.7 Å². The van der Waals surface area contributed by atoms with Crippen LogP contribution in [0.5, 0.6) is 0 Å². The van der Waals surface area contributed by atoms with Gasteiger partial charge in [-0.05, 0) is 49.3 Å². The first kappa shape index (κ1) is 19.0. The van der Waals surface area contributed by atoms with Crippen LogP contribution in [0, 0.1) is 11.8 Å². The second-order valence-electron chi connectivity index (χ2n) is 7.17. The predicted octanol–water partition coefficient (Wildman–Crippen LogP) is 2.78. The molecule has 0 heterocycles. The fourth-order valence-corrected chi connectivity index (χ4v) is 4.89. The van der Waals surface area contributed by atoms with E-state index in [0.29, 0.717) is 16.1 Å². The van der Waals surface area contributed by atoms with Crippen LogP contribution in [0.15, 0.2) is 24.3 Å². The first-order valence-corrected chi connectivity index (χ1v) is 10.3. The number of nitrogens with one attached hydrogen (secondary N) is 1. The Morgan fingerprint density at radius 3 is 2.54 bits per heavy atom. The molecule has 2 fully saturated rings. The Morgan fingerprint density at radius 2 is 2.00 bits per heavy atom. The van der Waals surface area contributed by atoms with Crippen LogP contribution in [0.4, 0.5) is 18.9 Å². The number of anilines is 1. The van der Waals surface area contributed by atoms with Crippen LogP contribution >= 0.6 is 0 Å². The number of halogens is 3. The lowest BCUT2D eigenvalue weighted by Crippen LogP contribution is -2.45. The van der Waals surface area contributed by atoms with Crippen LogP contribution in [-0.2, 0) is 21.0 Å². The summed E-state index contributed by atoms with van der Waals surface area (Å²) in [6.45, 7) is -0.534. The molecule has 1 aromatic carbocycles. The molecule has 3 atom stereocenters. The third-order valence-corrected chi connectivity index (χ3v) is 6.37. The van der Waals surface area contributed by atoms with Gasteiger partial charge in [-0.1, -0.05) is 12.5 Å². The lowest BCUT2D eigenvalue weighted by Gasteiger charge is -2.26. The highest BCUT2D eigenvalue weighted by molar-refractivity contribution is 7.92. The quantitative estimate of drug-likeness (QED) is 0.841. The molecular weight excluding hydrogens is 369 g/mol. The average molecular weight is 390 g/mol. The van der Waals surface area contributed by atoms with E-state index in [1.165, 1.54) is 6.07 Å². The van der Waals surface area contributed by atoms with Gasteiger partial charge in [-0.3, -0.25) is 9.10 Å². The summed E-state index contributed by atoms with van der Waals surface area (Å²) in [6, 6.07) is 4.01. The molecule has 3 rings (SSSR count). The van der Waals surface area contributed by atoms with Gasteiger partial charge in [0.05, 0.1) is 17.5 Å². The van der Waals surface area contributed by atoms with Crippen molar-refractivity contribution < 1.29 is 26.4 Å². The molecule has 0 spiro atoms. The highest BCUT2D eigenvalue weighted by Gasteiger charge is 2.40. The van der Waals surface area contributed by atoms with Crippen molar-refractivity contribution in [2.45, 2.75) is 37.9 Å². The lowest BCUT2D eigenvalue weighted by molar-refractivity contribution is -0.137. The smallest absolute Gasteiger partial charge is 0.352 e. The van der Waals surface area contributed by atoms with E-state index >= 15 is 0 Å². The lowest BCUT2D eigenvalue weighted by atomic mass is 9.95. The van der Waals surface area contributed by atoms with Gasteiger partial charge in [-0.2, -0.15) is 13.2 Å². The van der Waals surface area contributed by atoms with Gasteiger partial charge in [-0.25, -0.2) is 8.42 Å². The second-order valence-corrected chi connectivity index (χ2v) is 9.07. The fraction of sp³-hybridized carbons (Fsp3) is 0.588. The molecule has 2 aliphatic carbocycles. The van der Waals surface area contributed by atoms with Gasteiger partial charge in [0.15, 0.2) is 0 Å². The number of alkyl halides is 3. The van der Waals surface area contributed by atoms with Crippen molar-refractivity contribution in [3.8, 4) is 0 Å². The van der Waals surface area contributed by atoms with Crippen molar-refractivity contribution in [3.63, 3.8) is 0 Å². The zero-order chi connectivity index (χ0) is 19.1. The van der Waals surface area contributed by atoms with Crippen LogP contribution < -0.4 is 9.62 Å². The van der Waals surface area contributed by atoms with Gasteiger partial charge < -0.3 is 5.32 Å². The minimum Gasteiger partial charge on any atom is -0.352 e. The molecule has 1 aromatic rings. The van der Waals surface area contributed by atoms with Crippen molar-refractivity contribution in [2.24, 2.45) is 11.8 Å². The number of fused-ring (bicyclic) bond motifs is 2. The summed E-state index contributed by atoms with van der Waals surface area (Å²) in [5, 5.41) is 2.86. The Hall–Kier alpha value is -1.77. The summed E-state index contributed by atoms with van der Waals surface area (Å²) < 4.78 is 63.5. The molecule has 0 unspecified atom stereocenters. The van der Waals surface area contributed by atoms with Crippen LogP contribution in [0.1, 0.15) is 31.2 Å². The molecule has 0 aliphatic heterocycles. The molecular formula is C17H21F3N2O3S. The van der Waals surface area contributed by atoms with Crippen molar-refractivity contribution in [1.29, 1.82) is 0 Å². The molecule has 2 bridgehead atoms. The Bertz CT molecular complexity index is 795. The minimum atomic E-state index is -4.59. The summed E-state index contributed by atoms with van der Waals surface area (Å²) in [4.78, 5) is 12.3. The molecule has 0 aromatic heterocycles. The van der Waals surface area contributed by atoms with Gasteiger partial charge in [0, 0.05) is 6.04 Å². The van der Waals surface area contributed by atoms with E-state index in [2.05, 4.69) is 5.32 Å². The van der Waals surface area contributed by atoms with E-state index in [9.17, 15) is 26.4 Å². The second kappa shape index (κ2) is 6.75. The van der Waals surface area contributed by atoms with Crippen LogP contribution in [0.3, 0.4) is 0 Å². The molecule has 2 saturated carbocycles. The monoisotopic (exact) mass is 390 g/mol. The summed E-state index contributed by atoms with van der Waals surface area (Å²) in [5.41, 5.74) is -1.14. The molecule has 0 saturated heterocycles. The summed E-state index contributed by atoms with van der Waals surface area (Å²) in [7, 11) is -3.91. The van der Waals surface area contributed by atoms with Gasteiger partial charge in [-0.15, -0.1) is 0 Å². The molecule has 0 radical (unpaired) electrons. The van der Waals surface area contributed by atoms with Crippen molar-refractivity contribution in [3.05, 3.63) is 29.8 Å². The first-order chi connectivity index (χ1) is 12.0. The molecule has 144 valence electrons. The largest absolute Gasteiger partial charge is 0.416 e. The number of benzene rings is 1. The third-order valence-electron chi connectivity index (χ3n) is 5.23. The van der Waals surface area contributed by atoms with Crippen LogP contribution in [0.2, 0.25) is 0 Å². The minimum absolute atomic E-state index is 0.0316. The predicted molar refractivity (Wildman–Crippen MR) is 91.0 cm³/mol. The summed E-state index contributed by atoms with van der Waals surface area (Å²) >= 11 is 0. The Balaban J connectivity index is 1.76. The van der Waals surface area contributed by atoms with E-state index in [1.807, 2.05) is 0 Å². The number of carbonyl (C=O) groups excluding carboxylic acids is 1. The molecule has 5 nitrogen and oxygen atoms in total. The Kier molecular flexibility index (Phi) is 4.94. The van der Waals surface area contributed by atoms with E-state index in [0.717, 1.165) is 50.1 Å². The number of sulfonamides is 1. The van der Waals surface area contributed by atoms with Gasteiger partial charge in [0.1, 0.15) is 6.54 Å². The Labute approximate surface area is 150 Å². The highest BCUT2D eigenvalue weighted by Crippen LogP contribution is 2.44. The standard InChI is InChI=1S/C17H21F3N2O3S/c1-26(24,25)22(14-4-2-3-13(9-14)17(18,19)20)10-16(23)21-15-8-11-5-6-12(15)7-11/h2-4,9,11-12,15H,5-8,10H2,1H3,(H,21,23)/t11-,12-,15+/m1/s1.